The van der Waals surface area contributed by atoms with Crippen LogP contribution in [-0.4, -0.2) is 19.5 Å². The molecule has 4 nitrogen and oxygen atoms in total. The van der Waals surface area contributed by atoms with E-state index in [0.29, 0.717) is 17.5 Å². The van der Waals surface area contributed by atoms with Crippen LogP contribution in [0.4, 0.5) is 0 Å². The smallest absolute Gasteiger partial charge is 0.164 e. The predicted octanol–water partition coefficient (Wildman–Crippen LogP) is 15.0. The van der Waals surface area contributed by atoms with Crippen molar-refractivity contribution in [2.45, 2.75) is 0 Å². The highest BCUT2D eigenvalue weighted by atomic mass is 32.1. The molecule has 13 aromatic rings. The monoisotopic (exact) mass is 780 g/mol. The third kappa shape index (κ3) is 5.13. The van der Waals surface area contributed by atoms with E-state index in [1.807, 2.05) is 29.5 Å². The maximum atomic E-state index is 5.30. The lowest BCUT2D eigenvalue weighted by Gasteiger charge is -2.12. The van der Waals surface area contributed by atoms with Gasteiger partial charge in [-0.15, -0.1) is 11.3 Å². The fourth-order valence-corrected chi connectivity index (χ4v) is 10.5. The SMILES string of the molecule is c1ccc(-c2nc(-c3ccc4ccccc4c3)nc(-c3cc4ccccc4c4sc5cc(-n6c7cc8ccccc8cc7c7cc8ccccc8cc76)ccc5c34)n2)cc1. The lowest BCUT2D eigenvalue weighted by molar-refractivity contribution is 1.08. The molecule has 13 rings (SSSR count). The maximum absolute atomic E-state index is 5.30. The van der Waals surface area contributed by atoms with Crippen LogP contribution in [0.15, 0.2) is 194 Å². The molecular weight excluding hydrogens is 749 g/mol. The van der Waals surface area contributed by atoms with Crippen molar-refractivity contribution in [3.8, 4) is 39.9 Å². The highest BCUT2D eigenvalue weighted by Crippen LogP contribution is 2.46. The van der Waals surface area contributed by atoms with E-state index in [1.165, 1.54) is 68.9 Å². The van der Waals surface area contributed by atoms with Crippen LogP contribution in [0.25, 0.3) is 125 Å². The van der Waals surface area contributed by atoms with Gasteiger partial charge in [0.25, 0.3) is 0 Å². The van der Waals surface area contributed by atoms with Crippen molar-refractivity contribution >= 4 is 96.4 Å². The predicted molar refractivity (Wildman–Crippen MR) is 253 cm³/mol. The zero-order valence-electron chi connectivity index (χ0n) is 32.2. The highest BCUT2D eigenvalue weighted by molar-refractivity contribution is 7.26. The van der Waals surface area contributed by atoms with Gasteiger partial charge in [0.1, 0.15) is 0 Å². The summed E-state index contributed by atoms with van der Waals surface area (Å²) in [6.07, 6.45) is 0. The van der Waals surface area contributed by atoms with Crippen molar-refractivity contribution in [1.29, 1.82) is 0 Å². The summed E-state index contributed by atoms with van der Waals surface area (Å²) in [5, 5.41) is 14.5. The molecule has 0 spiro atoms. The Morgan fingerprint density at radius 3 is 1.58 bits per heavy atom. The van der Waals surface area contributed by atoms with E-state index in [2.05, 4.69) is 180 Å². The van der Waals surface area contributed by atoms with Crippen LogP contribution in [0.1, 0.15) is 0 Å². The van der Waals surface area contributed by atoms with Crippen molar-refractivity contribution in [3.05, 3.63) is 194 Å². The van der Waals surface area contributed by atoms with Crippen LogP contribution in [-0.2, 0) is 0 Å². The van der Waals surface area contributed by atoms with Crippen molar-refractivity contribution < 1.29 is 0 Å². The first kappa shape index (κ1) is 33.3. The normalized spacial score (nSPS) is 12.0. The van der Waals surface area contributed by atoms with E-state index in [1.54, 1.807) is 0 Å². The summed E-state index contributed by atoms with van der Waals surface area (Å²) in [5.74, 6) is 1.96. The van der Waals surface area contributed by atoms with Gasteiger partial charge >= 0.3 is 0 Å². The molecule has 0 aliphatic carbocycles. The second-order valence-corrected chi connectivity index (χ2v) is 16.7. The fraction of sp³-hybridized carbons (Fsp3) is 0. The van der Waals surface area contributed by atoms with Gasteiger partial charge in [0.05, 0.1) is 11.0 Å². The molecule has 0 atom stereocenters. The molecule has 0 N–H and O–H groups in total. The van der Waals surface area contributed by atoms with Gasteiger partial charge in [-0.3, -0.25) is 0 Å². The molecule has 0 fully saturated rings. The number of nitrogens with zero attached hydrogens (tertiary/aromatic N) is 4. The Labute approximate surface area is 348 Å². The number of aromatic nitrogens is 4. The molecule has 5 heteroatoms. The molecule has 0 bridgehead atoms. The van der Waals surface area contributed by atoms with Crippen LogP contribution < -0.4 is 0 Å². The van der Waals surface area contributed by atoms with Gasteiger partial charge < -0.3 is 4.57 Å². The van der Waals surface area contributed by atoms with Gasteiger partial charge in [0.2, 0.25) is 0 Å². The number of hydrogen-bond donors (Lipinski definition) is 0. The van der Waals surface area contributed by atoms with Crippen molar-refractivity contribution in [2.75, 3.05) is 0 Å². The van der Waals surface area contributed by atoms with Gasteiger partial charge in [-0.25, -0.2) is 15.0 Å². The van der Waals surface area contributed by atoms with E-state index in [4.69, 9.17) is 15.0 Å². The van der Waals surface area contributed by atoms with Gasteiger partial charge in [-0.1, -0.05) is 146 Å². The van der Waals surface area contributed by atoms with E-state index >= 15 is 0 Å². The van der Waals surface area contributed by atoms with E-state index < -0.39 is 0 Å². The van der Waals surface area contributed by atoms with E-state index in [9.17, 15) is 0 Å². The molecule has 10 aromatic carbocycles. The standard InChI is InChI=1S/C55H32N4S/c1-2-13-34(14-3-1)53-56-54(41-23-22-33-12-4-5-15-35(33)26-41)58-55(57-53)47-29-40-20-10-11-21-43(40)52-51(47)44-25-24-42(32-50(44)60-52)59-48-30-38-18-8-6-16-36(38)27-45(48)46-28-37-17-7-9-19-39(37)31-49(46)59/h1-32H. The molecule has 0 saturated carbocycles. The van der Waals surface area contributed by atoms with Crippen molar-refractivity contribution in [2.24, 2.45) is 0 Å². The molecule has 0 aliphatic heterocycles. The zero-order valence-corrected chi connectivity index (χ0v) is 33.0. The van der Waals surface area contributed by atoms with Gasteiger partial charge in [-0.2, -0.15) is 0 Å². The average molecular weight is 781 g/mol. The first-order valence-electron chi connectivity index (χ1n) is 20.3. The fourth-order valence-electron chi connectivity index (χ4n) is 9.25. The van der Waals surface area contributed by atoms with E-state index in [0.717, 1.165) is 38.5 Å². The third-order valence-corrected chi connectivity index (χ3v) is 13.3. The summed E-state index contributed by atoms with van der Waals surface area (Å²) < 4.78 is 4.90. The summed E-state index contributed by atoms with van der Waals surface area (Å²) in [4.78, 5) is 15.7. The molecule has 0 radical (unpaired) electrons. The number of thiophene rings is 1. The van der Waals surface area contributed by atoms with Crippen molar-refractivity contribution in [3.63, 3.8) is 0 Å². The van der Waals surface area contributed by atoms with Crippen LogP contribution in [0.3, 0.4) is 0 Å². The molecular formula is C55H32N4S. The summed E-state index contributed by atoms with van der Waals surface area (Å²) in [7, 11) is 0. The van der Waals surface area contributed by atoms with Crippen LogP contribution in [0.2, 0.25) is 0 Å². The lowest BCUT2D eigenvalue weighted by Crippen LogP contribution is -2.00. The Balaban J connectivity index is 1.08. The first-order chi connectivity index (χ1) is 29.7. The zero-order chi connectivity index (χ0) is 39.3. The highest BCUT2D eigenvalue weighted by Gasteiger charge is 2.21. The number of rotatable bonds is 4. The van der Waals surface area contributed by atoms with Gasteiger partial charge in [-0.05, 0) is 91.6 Å². The summed E-state index contributed by atoms with van der Waals surface area (Å²) in [6.45, 7) is 0. The van der Waals surface area contributed by atoms with Crippen LogP contribution in [0.5, 0.6) is 0 Å². The molecule has 3 aromatic heterocycles. The summed E-state index contributed by atoms with van der Waals surface area (Å²) in [5.41, 5.74) is 6.44. The number of benzene rings is 10. The minimum Gasteiger partial charge on any atom is -0.309 e. The average Bonchev–Trinajstić information content (AvgIpc) is 3.84. The van der Waals surface area contributed by atoms with Gasteiger partial charge in [0, 0.05) is 53.3 Å². The molecule has 0 unspecified atom stereocenters. The van der Waals surface area contributed by atoms with Gasteiger partial charge in [0.15, 0.2) is 17.5 Å². The Hall–Kier alpha value is -7.73. The molecule has 60 heavy (non-hydrogen) atoms. The minimum atomic E-state index is 0.651. The largest absolute Gasteiger partial charge is 0.309 e. The Bertz CT molecular complexity index is 3810. The van der Waals surface area contributed by atoms with E-state index in [-0.39, 0.29) is 0 Å². The minimum absolute atomic E-state index is 0.651. The van der Waals surface area contributed by atoms with Crippen LogP contribution >= 0.6 is 11.3 Å². The Morgan fingerprint density at radius 1 is 0.350 bits per heavy atom. The third-order valence-electron chi connectivity index (χ3n) is 12.1. The maximum Gasteiger partial charge on any atom is 0.164 e. The second kappa shape index (κ2) is 12.9. The summed E-state index contributed by atoms with van der Waals surface area (Å²) in [6, 6.07) is 69.8. The quantitative estimate of drug-likeness (QED) is 0.179. The number of fused-ring (bicyclic) bond motifs is 11. The Morgan fingerprint density at radius 2 is 0.900 bits per heavy atom. The first-order valence-corrected chi connectivity index (χ1v) is 21.1. The molecule has 278 valence electrons. The number of hydrogen-bond acceptors (Lipinski definition) is 4. The molecule has 0 saturated heterocycles. The lowest BCUT2D eigenvalue weighted by atomic mass is 9.99. The summed E-state index contributed by atoms with van der Waals surface area (Å²) >= 11 is 1.85. The van der Waals surface area contributed by atoms with Crippen molar-refractivity contribution in [1.82, 2.24) is 19.5 Å². The molecule has 3 heterocycles. The molecule has 0 aliphatic rings. The Kier molecular flexibility index (Phi) is 7.14. The second-order valence-electron chi connectivity index (χ2n) is 15.6. The topological polar surface area (TPSA) is 43.6 Å². The van der Waals surface area contributed by atoms with Crippen LogP contribution in [0, 0.1) is 0 Å². The molecule has 0 amide bonds.